The lowest BCUT2D eigenvalue weighted by Gasteiger charge is -2.13. The second-order valence-corrected chi connectivity index (χ2v) is 10.4. The lowest BCUT2D eigenvalue weighted by molar-refractivity contribution is -0.124. The topological polar surface area (TPSA) is 110 Å². The maximum atomic E-state index is 12.6. The fourth-order valence-electron chi connectivity index (χ4n) is 3.03. The Kier molecular flexibility index (Phi) is 7.93. The van der Waals surface area contributed by atoms with Gasteiger partial charge in [-0.25, -0.2) is 8.42 Å². The number of imide groups is 1. The second-order valence-electron chi connectivity index (χ2n) is 7.34. The molecular weight excluding hydrogens is 464 g/mol. The van der Waals surface area contributed by atoms with Gasteiger partial charge in [0.15, 0.2) is 9.84 Å². The third-order valence-corrected chi connectivity index (χ3v) is 7.56. The summed E-state index contributed by atoms with van der Waals surface area (Å²) in [6, 6.07) is 13.5. The Morgan fingerprint density at radius 3 is 2.39 bits per heavy atom. The molecule has 1 heterocycles. The van der Waals surface area contributed by atoms with E-state index >= 15 is 0 Å². The second kappa shape index (κ2) is 10.7. The van der Waals surface area contributed by atoms with E-state index in [1.54, 1.807) is 49.6 Å². The molecule has 0 unspecified atom stereocenters. The minimum atomic E-state index is -3.57. The summed E-state index contributed by atoms with van der Waals surface area (Å²) < 4.78 is 29.8. The number of benzene rings is 2. The van der Waals surface area contributed by atoms with E-state index in [1.807, 2.05) is 6.92 Å². The summed E-state index contributed by atoms with van der Waals surface area (Å²) in [7, 11) is -2.01. The van der Waals surface area contributed by atoms with E-state index in [1.165, 1.54) is 12.1 Å². The molecule has 1 saturated heterocycles. The summed E-state index contributed by atoms with van der Waals surface area (Å²) in [6.45, 7) is 1.90. The van der Waals surface area contributed by atoms with Crippen molar-refractivity contribution in [2.45, 2.75) is 18.2 Å². The summed E-state index contributed by atoms with van der Waals surface area (Å²) in [5.74, 6) is -0.542. The molecule has 10 heteroatoms. The number of hydrogen-bond donors (Lipinski definition) is 1. The van der Waals surface area contributed by atoms with E-state index in [-0.39, 0.29) is 30.2 Å². The van der Waals surface area contributed by atoms with Gasteiger partial charge in [0.25, 0.3) is 11.1 Å². The zero-order chi connectivity index (χ0) is 24.0. The van der Waals surface area contributed by atoms with Gasteiger partial charge in [0.2, 0.25) is 5.91 Å². The Balaban J connectivity index is 1.49. The largest absolute Gasteiger partial charge is 0.497 e. The molecule has 1 aliphatic heterocycles. The number of carbonyl (C=O) groups excluding carboxylic acids is 3. The van der Waals surface area contributed by atoms with E-state index in [0.717, 1.165) is 27.8 Å². The van der Waals surface area contributed by atoms with Crippen LogP contribution in [0.1, 0.15) is 17.5 Å². The lowest BCUT2D eigenvalue weighted by atomic mass is 10.2. The monoisotopic (exact) mass is 488 g/mol. The van der Waals surface area contributed by atoms with Crippen molar-refractivity contribution >= 4 is 44.7 Å². The highest BCUT2D eigenvalue weighted by Crippen LogP contribution is 2.32. The number of sulfone groups is 1. The molecule has 8 nitrogen and oxygen atoms in total. The van der Waals surface area contributed by atoms with E-state index < -0.39 is 26.9 Å². The average Bonchev–Trinajstić information content (AvgIpc) is 3.06. The van der Waals surface area contributed by atoms with Gasteiger partial charge in [-0.1, -0.05) is 29.8 Å². The van der Waals surface area contributed by atoms with Gasteiger partial charge in [0, 0.05) is 19.5 Å². The highest BCUT2D eigenvalue weighted by atomic mass is 32.2. The number of ether oxygens (including phenoxy) is 1. The summed E-state index contributed by atoms with van der Waals surface area (Å²) in [6.07, 6.45) is 1.41. The van der Waals surface area contributed by atoms with Crippen molar-refractivity contribution in [1.29, 1.82) is 0 Å². The zero-order valence-corrected chi connectivity index (χ0v) is 19.9. The van der Waals surface area contributed by atoms with Gasteiger partial charge in [-0.2, -0.15) is 0 Å². The van der Waals surface area contributed by atoms with Crippen LogP contribution in [0.2, 0.25) is 0 Å². The van der Waals surface area contributed by atoms with E-state index in [0.29, 0.717) is 10.7 Å². The Hall–Kier alpha value is -3.11. The summed E-state index contributed by atoms with van der Waals surface area (Å²) in [5.41, 5.74) is 1.70. The number of rotatable bonds is 9. The Morgan fingerprint density at radius 1 is 1.09 bits per heavy atom. The Morgan fingerprint density at radius 2 is 1.76 bits per heavy atom. The van der Waals surface area contributed by atoms with Crippen LogP contribution in [0.15, 0.2) is 58.3 Å². The van der Waals surface area contributed by atoms with Crippen molar-refractivity contribution in [3.8, 4) is 5.75 Å². The summed E-state index contributed by atoms with van der Waals surface area (Å²) >= 11 is 0.833. The number of carbonyl (C=O) groups is 3. The van der Waals surface area contributed by atoms with E-state index in [2.05, 4.69) is 5.32 Å². The normalized spacial score (nSPS) is 15.2. The van der Waals surface area contributed by atoms with Crippen LogP contribution >= 0.6 is 11.8 Å². The third-order valence-electron chi connectivity index (χ3n) is 4.92. The zero-order valence-electron chi connectivity index (χ0n) is 18.2. The SMILES string of the molecule is COc1ccc(C=C2SC(=O)N(CCNC(=O)CCS(=O)(=O)c3ccc(C)cc3)C2=O)cc1. The fraction of sp³-hybridized carbons (Fsp3) is 0.261. The molecule has 0 aliphatic carbocycles. The number of methoxy groups -OCH3 is 1. The average molecular weight is 489 g/mol. The Bertz CT molecular complexity index is 1170. The molecule has 1 aliphatic rings. The fourth-order valence-corrected chi connectivity index (χ4v) is 5.14. The van der Waals surface area contributed by atoms with Crippen molar-refractivity contribution in [2.75, 3.05) is 26.0 Å². The molecule has 0 saturated carbocycles. The molecule has 0 atom stereocenters. The molecule has 0 radical (unpaired) electrons. The van der Waals surface area contributed by atoms with Crippen molar-refractivity contribution in [2.24, 2.45) is 0 Å². The first-order valence-corrected chi connectivity index (χ1v) is 12.6. The van der Waals surface area contributed by atoms with Crippen LogP contribution in [-0.4, -0.2) is 56.3 Å². The first kappa shape index (κ1) is 24.5. The van der Waals surface area contributed by atoms with Gasteiger partial charge in [-0.05, 0) is 54.6 Å². The number of amides is 3. The van der Waals surface area contributed by atoms with Crippen molar-refractivity contribution < 1.29 is 27.5 Å². The van der Waals surface area contributed by atoms with Gasteiger partial charge in [0.1, 0.15) is 5.75 Å². The summed E-state index contributed by atoms with van der Waals surface area (Å²) in [4.78, 5) is 38.4. The van der Waals surface area contributed by atoms with Crippen LogP contribution in [0, 0.1) is 6.92 Å². The minimum absolute atomic E-state index is 0.00106. The van der Waals surface area contributed by atoms with E-state index in [4.69, 9.17) is 4.74 Å². The molecular formula is C23H24N2O6S2. The molecule has 0 aromatic heterocycles. The minimum Gasteiger partial charge on any atom is -0.497 e. The highest BCUT2D eigenvalue weighted by Gasteiger charge is 2.34. The maximum Gasteiger partial charge on any atom is 0.293 e. The summed E-state index contributed by atoms with van der Waals surface area (Å²) in [5, 5.41) is 2.15. The number of aryl methyl sites for hydroxylation is 1. The predicted molar refractivity (Wildman–Crippen MR) is 127 cm³/mol. The van der Waals surface area contributed by atoms with Crippen LogP contribution in [0.4, 0.5) is 4.79 Å². The van der Waals surface area contributed by atoms with Gasteiger partial charge in [-0.3, -0.25) is 19.3 Å². The molecule has 3 amide bonds. The molecule has 1 fully saturated rings. The highest BCUT2D eigenvalue weighted by molar-refractivity contribution is 8.18. The molecule has 3 rings (SSSR count). The molecule has 2 aromatic rings. The van der Waals surface area contributed by atoms with Crippen molar-refractivity contribution in [3.05, 3.63) is 64.6 Å². The van der Waals surface area contributed by atoms with Crippen LogP contribution in [0.3, 0.4) is 0 Å². The van der Waals surface area contributed by atoms with Gasteiger partial charge in [0.05, 0.1) is 22.7 Å². The standard InChI is InChI=1S/C23H24N2O6S2/c1-16-3-9-19(10-4-16)33(29,30)14-11-21(26)24-12-13-25-22(27)20(32-23(25)28)15-17-5-7-18(31-2)8-6-17/h3-10,15H,11-14H2,1-2H3,(H,24,26). The number of thioether (sulfide) groups is 1. The molecule has 33 heavy (non-hydrogen) atoms. The van der Waals surface area contributed by atoms with Crippen LogP contribution < -0.4 is 10.1 Å². The van der Waals surface area contributed by atoms with E-state index in [9.17, 15) is 22.8 Å². The van der Waals surface area contributed by atoms with Crippen LogP contribution in [0.25, 0.3) is 6.08 Å². The molecule has 0 bridgehead atoms. The molecule has 1 N–H and O–H groups in total. The van der Waals surface area contributed by atoms with Crippen molar-refractivity contribution in [3.63, 3.8) is 0 Å². The first-order chi connectivity index (χ1) is 15.7. The maximum absolute atomic E-state index is 12.6. The number of nitrogens with zero attached hydrogens (tertiary/aromatic N) is 1. The van der Waals surface area contributed by atoms with Gasteiger partial charge in [-0.15, -0.1) is 0 Å². The van der Waals surface area contributed by atoms with Gasteiger partial charge < -0.3 is 10.1 Å². The predicted octanol–water partition coefficient (Wildman–Crippen LogP) is 3.02. The first-order valence-electron chi connectivity index (χ1n) is 10.1. The molecule has 174 valence electrons. The van der Waals surface area contributed by atoms with Crippen LogP contribution in [0.5, 0.6) is 5.75 Å². The van der Waals surface area contributed by atoms with Gasteiger partial charge >= 0.3 is 0 Å². The number of nitrogens with one attached hydrogen (secondary N) is 1. The molecule has 2 aromatic carbocycles. The molecule has 0 spiro atoms. The Labute approximate surface area is 196 Å². The third kappa shape index (κ3) is 6.45. The van der Waals surface area contributed by atoms with Crippen LogP contribution in [-0.2, 0) is 19.4 Å². The van der Waals surface area contributed by atoms with Crippen molar-refractivity contribution in [1.82, 2.24) is 10.2 Å². The number of hydrogen-bond acceptors (Lipinski definition) is 7. The lowest BCUT2D eigenvalue weighted by Crippen LogP contribution is -2.37. The quantitative estimate of drug-likeness (QED) is 0.540. The smallest absolute Gasteiger partial charge is 0.293 e.